The first-order valence-electron chi connectivity index (χ1n) is 5.70. The van der Waals surface area contributed by atoms with Crippen molar-refractivity contribution in [1.29, 1.82) is 0 Å². The van der Waals surface area contributed by atoms with Gasteiger partial charge in [-0.1, -0.05) is 0 Å². The number of aromatic nitrogens is 2. The summed E-state index contributed by atoms with van der Waals surface area (Å²) < 4.78 is 7.29. The standard InChI is InChI=1S/C11H16ClN3O2/c1-8-10(14-11(16)6-12)7-13-15(8)9-2-4-17-5-3-9/h7,9H,2-6H2,1H3,(H,14,16). The summed E-state index contributed by atoms with van der Waals surface area (Å²) in [5.41, 5.74) is 1.71. The van der Waals surface area contributed by atoms with Crippen LogP contribution in [0.4, 0.5) is 5.69 Å². The first-order valence-corrected chi connectivity index (χ1v) is 6.23. The second-order valence-corrected chi connectivity index (χ2v) is 4.38. The smallest absolute Gasteiger partial charge is 0.239 e. The molecule has 0 spiro atoms. The summed E-state index contributed by atoms with van der Waals surface area (Å²) >= 11 is 5.45. The van der Waals surface area contributed by atoms with Gasteiger partial charge in [-0.15, -0.1) is 11.6 Å². The highest BCUT2D eigenvalue weighted by atomic mass is 35.5. The Hall–Kier alpha value is -1.07. The molecule has 1 N–H and O–H groups in total. The number of carbonyl (C=O) groups is 1. The number of nitrogens with zero attached hydrogens (tertiary/aromatic N) is 2. The number of rotatable bonds is 3. The summed E-state index contributed by atoms with van der Waals surface area (Å²) in [6, 6.07) is 0.366. The van der Waals surface area contributed by atoms with Crippen LogP contribution in [0.2, 0.25) is 0 Å². The number of nitrogens with one attached hydrogen (secondary N) is 1. The first kappa shape index (κ1) is 12.4. The molecule has 2 rings (SSSR count). The van der Waals surface area contributed by atoms with E-state index in [0.29, 0.717) is 6.04 Å². The predicted molar refractivity (Wildman–Crippen MR) is 65.4 cm³/mol. The van der Waals surface area contributed by atoms with Gasteiger partial charge in [0.15, 0.2) is 0 Å². The van der Waals surface area contributed by atoms with Crippen LogP contribution in [-0.4, -0.2) is 34.8 Å². The molecule has 17 heavy (non-hydrogen) atoms. The number of carbonyl (C=O) groups excluding carboxylic acids is 1. The third-order valence-corrected chi connectivity index (χ3v) is 3.22. The summed E-state index contributed by atoms with van der Waals surface area (Å²) in [6.45, 7) is 3.49. The van der Waals surface area contributed by atoms with Crippen LogP contribution in [0, 0.1) is 6.92 Å². The fourth-order valence-corrected chi connectivity index (χ4v) is 2.09. The molecule has 1 aromatic heterocycles. The lowest BCUT2D eigenvalue weighted by atomic mass is 10.1. The fourth-order valence-electron chi connectivity index (χ4n) is 2.03. The number of ether oxygens (including phenoxy) is 1. The van der Waals surface area contributed by atoms with E-state index < -0.39 is 0 Å². The SMILES string of the molecule is Cc1c(NC(=O)CCl)cnn1C1CCOCC1. The number of amides is 1. The molecule has 1 amide bonds. The molecule has 1 fully saturated rings. The van der Waals surface area contributed by atoms with Crippen molar-refractivity contribution in [3.05, 3.63) is 11.9 Å². The lowest BCUT2D eigenvalue weighted by Gasteiger charge is -2.23. The van der Waals surface area contributed by atoms with Gasteiger partial charge in [-0.3, -0.25) is 9.48 Å². The van der Waals surface area contributed by atoms with E-state index in [1.165, 1.54) is 0 Å². The Labute approximate surface area is 105 Å². The van der Waals surface area contributed by atoms with Crippen molar-refractivity contribution in [3.63, 3.8) is 0 Å². The van der Waals surface area contributed by atoms with Crippen molar-refractivity contribution < 1.29 is 9.53 Å². The molecule has 0 bridgehead atoms. The molecule has 2 heterocycles. The molecule has 0 unspecified atom stereocenters. The van der Waals surface area contributed by atoms with Gasteiger partial charge in [0.25, 0.3) is 0 Å². The quantitative estimate of drug-likeness (QED) is 0.839. The van der Waals surface area contributed by atoms with E-state index in [4.69, 9.17) is 16.3 Å². The van der Waals surface area contributed by atoms with Crippen molar-refractivity contribution in [2.75, 3.05) is 24.4 Å². The van der Waals surface area contributed by atoms with Crippen LogP contribution in [0.15, 0.2) is 6.20 Å². The van der Waals surface area contributed by atoms with E-state index in [0.717, 1.165) is 37.4 Å². The highest BCUT2D eigenvalue weighted by Crippen LogP contribution is 2.25. The minimum atomic E-state index is -0.207. The molecule has 0 aromatic carbocycles. The highest BCUT2D eigenvalue weighted by molar-refractivity contribution is 6.29. The average molecular weight is 258 g/mol. The third kappa shape index (κ3) is 2.79. The molecule has 0 saturated carbocycles. The van der Waals surface area contributed by atoms with Crippen LogP contribution >= 0.6 is 11.6 Å². The maximum absolute atomic E-state index is 11.2. The summed E-state index contributed by atoms with van der Waals surface area (Å²) in [7, 11) is 0. The van der Waals surface area contributed by atoms with E-state index in [2.05, 4.69) is 10.4 Å². The summed E-state index contributed by atoms with van der Waals surface area (Å²) in [4.78, 5) is 11.2. The molecule has 0 radical (unpaired) electrons. The molecule has 1 aliphatic heterocycles. The zero-order valence-electron chi connectivity index (χ0n) is 9.78. The van der Waals surface area contributed by atoms with Crippen LogP contribution in [0.25, 0.3) is 0 Å². The van der Waals surface area contributed by atoms with Gasteiger partial charge >= 0.3 is 0 Å². The highest BCUT2D eigenvalue weighted by Gasteiger charge is 2.19. The number of anilines is 1. The molecule has 6 heteroatoms. The van der Waals surface area contributed by atoms with Crippen LogP contribution in [0.5, 0.6) is 0 Å². The zero-order valence-corrected chi connectivity index (χ0v) is 10.5. The average Bonchev–Trinajstić information content (AvgIpc) is 2.72. The molecule has 1 saturated heterocycles. The lowest BCUT2D eigenvalue weighted by molar-refractivity contribution is -0.113. The molecule has 1 aromatic rings. The molecule has 5 nitrogen and oxygen atoms in total. The normalized spacial score (nSPS) is 17.1. The number of hydrogen-bond donors (Lipinski definition) is 1. The van der Waals surface area contributed by atoms with E-state index >= 15 is 0 Å². The first-order chi connectivity index (χ1) is 8.22. The maximum atomic E-state index is 11.2. The Balaban J connectivity index is 2.11. The Kier molecular flexibility index (Phi) is 4.02. The molecular formula is C11H16ClN3O2. The second-order valence-electron chi connectivity index (χ2n) is 4.11. The Morgan fingerprint density at radius 2 is 2.35 bits per heavy atom. The molecule has 0 aliphatic carbocycles. The van der Waals surface area contributed by atoms with Gasteiger partial charge in [0, 0.05) is 13.2 Å². The molecule has 94 valence electrons. The van der Waals surface area contributed by atoms with Gasteiger partial charge in [0.1, 0.15) is 5.88 Å². The Bertz CT molecular complexity index is 399. The minimum absolute atomic E-state index is 0.0398. The number of alkyl halides is 1. The van der Waals surface area contributed by atoms with Crippen molar-refractivity contribution in [1.82, 2.24) is 9.78 Å². The Morgan fingerprint density at radius 3 is 3.00 bits per heavy atom. The van der Waals surface area contributed by atoms with E-state index in [-0.39, 0.29) is 11.8 Å². The van der Waals surface area contributed by atoms with Crippen molar-refractivity contribution in [3.8, 4) is 0 Å². The van der Waals surface area contributed by atoms with Crippen LogP contribution < -0.4 is 5.32 Å². The van der Waals surface area contributed by atoms with E-state index in [1.54, 1.807) is 6.20 Å². The zero-order chi connectivity index (χ0) is 12.3. The van der Waals surface area contributed by atoms with Crippen LogP contribution in [0.3, 0.4) is 0 Å². The fraction of sp³-hybridized carbons (Fsp3) is 0.636. The predicted octanol–water partition coefficient (Wildman–Crippen LogP) is 1.72. The van der Waals surface area contributed by atoms with E-state index in [1.807, 2.05) is 11.6 Å². The van der Waals surface area contributed by atoms with Crippen molar-refractivity contribution >= 4 is 23.2 Å². The number of halogens is 1. The summed E-state index contributed by atoms with van der Waals surface area (Å²) in [6.07, 6.45) is 3.60. The largest absolute Gasteiger partial charge is 0.381 e. The number of hydrogen-bond acceptors (Lipinski definition) is 3. The molecule has 1 aliphatic rings. The van der Waals surface area contributed by atoms with Crippen molar-refractivity contribution in [2.45, 2.75) is 25.8 Å². The van der Waals surface area contributed by atoms with Crippen LogP contribution in [0.1, 0.15) is 24.6 Å². The van der Waals surface area contributed by atoms with Gasteiger partial charge in [-0.2, -0.15) is 5.10 Å². The van der Waals surface area contributed by atoms with Gasteiger partial charge in [-0.05, 0) is 19.8 Å². The van der Waals surface area contributed by atoms with Crippen LogP contribution in [-0.2, 0) is 9.53 Å². The van der Waals surface area contributed by atoms with Gasteiger partial charge in [0.05, 0.1) is 23.6 Å². The maximum Gasteiger partial charge on any atom is 0.239 e. The molecule has 0 atom stereocenters. The lowest BCUT2D eigenvalue weighted by Crippen LogP contribution is -2.21. The van der Waals surface area contributed by atoms with E-state index in [9.17, 15) is 4.79 Å². The third-order valence-electron chi connectivity index (χ3n) is 2.98. The van der Waals surface area contributed by atoms with Gasteiger partial charge in [-0.25, -0.2) is 0 Å². The summed E-state index contributed by atoms with van der Waals surface area (Å²) in [5, 5.41) is 7.06. The van der Waals surface area contributed by atoms with Gasteiger partial charge in [0.2, 0.25) is 5.91 Å². The second kappa shape index (κ2) is 5.51. The molecular weight excluding hydrogens is 242 g/mol. The topological polar surface area (TPSA) is 56.2 Å². The Morgan fingerprint density at radius 1 is 1.65 bits per heavy atom. The monoisotopic (exact) mass is 257 g/mol. The van der Waals surface area contributed by atoms with Gasteiger partial charge < -0.3 is 10.1 Å². The van der Waals surface area contributed by atoms with Crippen molar-refractivity contribution in [2.24, 2.45) is 0 Å². The summed E-state index contributed by atoms with van der Waals surface area (Å²) in [5.74, 6) is -0.247. The minimum Gasteiger partial charge on any atom is -0.381 e.